The topological polar surface area (TPSA) is 76.7 Å². The van der Waals surface area contributed by atoms with Gasteiger partial charge in [0.25, 0.3) is 0 Å². The fourth-order valence-electron chi connectivity index (χ4n) is 1.27. The maximum absolute atomic E-state index is 12.2. The Bertz CT molecular complexity index is 512. The second kappa shape index (κ2) is 4.69. The molecule has 2 heterocycles. The monoisotopic (exact) mass is 259 g/mol. The SMILES string of the molecule is O[C@@H](Cn1nnnc1-c1ccccn1)C(F)(F)F. The van der Waals surface area contributed by atoms with Gasteiger partial charge in [-0.2, -0.15) is 13.2 Å². The second-order valence-corrected chi connectivity index (χ2v) is 3.46. The van der Waals surface area contributed by atoms with Crippen LogP contribution >= 0.6 is 0 Å². The number of hydrogen-bond acceptors (Lipinski definition) is 5. The fraction of sp³-hybridized carbons (Fsp3) is 0.333. The zero-order valence-electron chi connectivity index (χ0n) is 8.91. The quantitative estimate of drug-likeness (QED) is 0.876. The summed E-state index contributed by atoms with van der Waals surface area (Å²) in [6.45, 7) is -0.775. The van der Waals surface area contributed by atoms with Crippen LogP contribution in [0.2, 0.25) is 0 Å². The van der Waals surface area contributed by atoms with E-state index in [1.54, 1.807) is 18.2 Å². The molecule has 9 heteroatoms. The highest BCUT2D eigenvalue weighted by Crippen LogP contribution is 2.22. The summed E-state index contributed by atoms with van der Waals surface area (Å²) in [5, 5.41) is 19.2. The minimum Gasteiger partial charge on any atom is -0.382 e. The van der Waals surface area contributed by atoms with Crippen molar-refractivity contribution in [2.45, 2.75) is 18.8 Å². The Balaban J connectivity index is 2.24. The maximum Gasteiger partial charge on any atom is 0.416 e. The second-order valence-electron chi connectivity index (χ2n) is 3.46. The molecule has 0 fully saturated rings. The van der Waals surface area contributed by atoms with Gasteiger partial charge in [0.15, 0.2) is 6.10 Å². The van der Waals surface area contributed by atoms with E-state index in [0.717, 1.165) is 4.68 Å². The van der Waals surface area contributed by atoms with Gasteiger partial charge in [-0.15, -0.1) is 5.10 Å². The van der Waals surface area contributed by atoms with Crippen LogP contribution < -0.4 is 0 Å². The molecule has 96 valence electrons. The molecule has 0 unspecified atom stereocenters. The summed E-state index contributed by atoms with van der Waals surface area (Å²) in [4.78, 5) is 3.93. The van der Waals surface area contributed by atoms with Gasteiger partial charge in [0.1, 0.15) is 5.69 Å². The Morgan fingerprint density at radius 2 is 2.11 bits per heavy atom. The van der Waals surface area contributed by atoms with E-state index in [0.29, 0.717) is 5.69 Å². The van der Waals surface area contributed by atoms with Crippen LogP contribution in [-0.4, -0.2) is 42.6 Å². The zero-order valence-corrected chi connectivity index (χ0v) is 8.91. The third-order valence-corrected chi connectivity index (χ3v) is 2.15. The highest BCUT2D eigenvalue weighted by Gasteiger charge is 2.39. The average Bonchev–Trinajstić information content (AvgIpc) is 2.77. The van der Waals surface area contributed by atoms with Crippen LogP contribution in [0.5, 0.6) is 0 Å². The highest BCUT2D eigenvalue weighted by atomic mass is 19.4. The third-order valence-electron chi connectivity index (χ3n) is 2.15. The summed E-state index contributed by atoms with van der Waals surface area (Å²) < 4.78 is 37.5. The van der Waals surface area contributed by atoms with Gasteiger partial charge in [-0.3, -0.25) is 4.98 Å². The van der Waals surface area contributed by atoms with Crippen molar-refractivity contribution in [3.63, 3.8) is 0 Å². The first-order valence-corrected chi connectivity index (χ1v) is 4.91. The molecule has 0 aromatic carbocycles. The molecule has 0 bridgehead atoms. The number of tetrazole rings is 1. The van der Waals surface area contributed by atoms with E-state index in [1.807, 2.05) is 0 Å². The minimum atomic E-state index is -4.71. The lowest BCUT2D eigenvalue weighted by molar-refractivity contribution is -0.207. The summed E-state index contributed by atoms with van der Waals surface area (Å²) in [6.07, 6.45) is -5.77. The molecule has 6 nitrogen and oxygen atoms in total. The van der Waals surface area contributed by atoms with Crippen LogP contribution in [0.25, 0.3) is 11.5 Å². The van der Waals surface area contributed by atoms with Gasteiger partial charge in [0, 0.05) is 6.20 Å². The molecule has 0 spiro atoms. The summed E-state index contributed by atoms with van der Waals surface area (Å²) >= 11 is 0. The summed E-state index contributed by atoms with van der Waals surface area (Å²) in [5.41, 5.74) is 0.330. The summed E-state index contributed by atoms with van der Waals surface area (Å²) in [6, 6.07) is 4.87. The molecule has 0 aliphatic heterocycles. The number of halogens is 3. The van der Waals surface area contributed by atoms with Crippen molar-refractivity contribution >= 4 is 0 Å². The molecule has 2 rings (SSSR count). The largest absolute Gasteiger partial charge is 0.416 e. The summed E-state index contributed by atoms with van der Waals surface area (Å²) in [7, 11) is 0. The number of pyridine rings is 1. The van der Waals surface area contributed by atoms with E-state index in [1.165, 1.54) is 6.20 Å². The molecule has 18 heavy (non-hydrogen) atoms. The van der Waals surface area contributed by atoms with E-state index < -0.39 is 18.8 Å². The Morgan fingerprint density at radius 3 is 2.72 bits per heavy atom. The Labute approximate surface area is 99.1 Å². The Morgan fingerprint density at radius 1 is 1.33 bits per heavy atom. The zero-order chi connectivity index (χ0) is 13.2. The van der Waals surface area contributed by atoms with Gasteiger partial charge in [0.05, 0.1) is 6.54 Å². The van der Waals surface area contributed by atoms with Gasteiger partial charge in [0.2, 0.25) is 5.82 Å². The smallest absolute Gasteiger partial charge is 0.382 e. The number of aliphatic hydroxyl groups is 1. The van der Waals surface area contributed by atoms with Gasteiger partial charge in [-0.05, 0) is 22.6 Å². The molecule has 1 atom stereocenters. The van der Waals surface area contributed by atoms with Crippen molar-refractivity contribution in [3.8, 4) is 11.5 Å². The highest BCUT2D eigenvalue weighted by molar-refractivity contribution is 5.47. The van der Waals surface area contributed by atoms with Crippen molar-refractivity contribution in [3.05, 3.63) is 24.4 Å². The fourth-order valence-corrected chi connectivity index (χ4v) is 1.27. The molecule has 1 N–H and O–H groups in total. The molecule has 0 saturated heterocycles. The number of nitrogens with zero attached hydrogens (tertiary/aromatic N) is 5. The first-order chi connectivity index (χ1) is 8.48. The molecular weight excluding hydrogens is 251 g/mol. The number of alkyl halides is 3. The first kappa shape index (κ1) is 12.4. The number of rotatable bonds is 3. The van der Waals surface area contributed by atoms with Gasteiger partial charge >= 0.3 is 6.18 Å². The van der Waals surface area contributed by atoms with Crippen molar-refractivity contribution in [1.82, 2.24) is 25.2 Å². The third kappa shape index (κ3) is 2.62. The number of aliphatic hydroxyl groups excluding tert-OH is 1. The van der Waals surface area contributed by atoms with Crippen LogP contribution in [0, 0.1) is 0 Å². The van der Waals surface area contributed by atoms with Crippen LogP contribution in [0.3, 0.4) is 0 Å². The molecular formula is C9H8F3N5O. The normalized spacial score (nSPS) is 13.6. The molecule has 0 radical (unpaired) electrons. The van der Waals surface area contributed by atoms with Crippen molar-refractivity contribution in [2.75, 3.05) is 0 Å². The molecule has 0 amide bonds. The average molecular weight is 259 g/mol. The molecule has 2 aromatic rings. The predicted molar refractivity (Wildman–Crippen MR) is 53.1 cm³/mol. The Hall–Kier alpha value is -2.03. The number of hydrogen-bond donors (Lipinski definition) is 1. The molecule has 0 aliphatic rings. The Kier molecular flexibility index (Phi) is 3.24. The van der Waals surface area contributed by atoms with Crippen LogP contribution in [-0.2, 0) is 6.54 Å². The van der Waals surface area contributed by atoms with Crippen LogP contribution in [0.4, 0.5) is 13.2 Å². The van der Waals surface area contributed by atoms with Crippen molar-refractivity contribution in [1.29, 1.82) is 0 Å². The van der Waals surface area contributed by atoms with Crippen molar-refractivity contribution < 1.29 is 18.3 Å². The van der Waals surface area contributed by atoms with Crippen LogP contribution in [0.15, 0.2) is 24.4 Å². The van der Waals surface area contributed by atoms with E-state index >= 15 is 0 Å². The van der Waals surface area contributed by atoms with E-state index in [9.17, 15) is 13.2 Å². The van der Waals surface area contributed by atoms with E-state index in [2.05, 4.69) is 20.5 Å². The number of aromatic nitrogens is 5. The summed E-state index contributed by atoms with van der Waals surface area (Å²) in [5.74, 6) is 0.0684. The van der Waals surface area contributed by atoms with E-state index in [-0.39, 0.29) is 5.82 Å². The minimum absolute atomic E-state index is 0.0684. The van der Waals surface area contributed by atoms with Gasteiger partial charge < -0.3 is 5.11 Å². The lowest BCUT2D eigenvalue weighted by Crippen LogP contribution is -2.33. The first-order valence-electron chi connectivity index (χ1n) is 4.91. The lowest BCUT2D eigenvalue weighted by atomic mass is 10.3. The van der Waals surface area contributed by atoms with E-state index in [4.69, 9.17) is 5.11 Å². The molecule has 0 aliphatic carbocycles. The van der Waals surface area contributed by atoms with Crippen molar-refractivity contribution in [2.24, 2.45) is 0 Å². The predicted octanol–water partition coefficient (Wildman–Crippen LogP) is 0.658. The molecule has 2 aromatic heterocycles. The van der Waals surface area contributed by atoms with Crippen LogP contribution in [0.1, 0.15) is 0 Å². The molecule has 0 saturated carbocycles. The standard InChI is InChI=1S/C9H8F3N5O/c10-9(11,12)7(18)5-17-8(14-15-16-17)6-3-1-2-4-13-6/h1-4,7,18H,5H2/t7-/m0/s1. The maximum atomic E-state index is 12.2. The lowest BCUT2D eigenvalue weighted by Gasteiger charge is -2.14. The van der Waals surface area contributed by atoms with Gasteiger partial charge in [-0.1, -0.05) is 6.07 Å². The van der Waals surface area contributed by atoms with Gasteiger partial charge in [-0.25, -0.2) is 4.68 Å².